The summed E-state index contributed by atoms with van der Waals surface area (Å²) in [6.45, 7) is 7.15. The molecule has 0 saturated carbocycles. The first-order chi connectivity index (χ1) is 19.1. The Morgan fingerprint density at radius 3 is 2.55 bits per heavy atom. The van der Waals surface area contributed by atoms with E-state index in [1.165, 1.54) is 16.7 Å². The molecule has 206 valence electrons. The number of nitrogens with zero attached hydrogens (tertiary/aromatic N) is 7. The highest BCUT2D eigenvalue weighted by molar-refractivity contribution is 5.85. The smallest absolute Gasteiger partial charge is 0.228 e. The Balaban J connectivity index is 1.33. The lowest BCUT2D eigenvalue weighted by Crippen LogP contribution is -2.26. The summed E-state index contributed by atoms with van der Waals surface area (Å²) in [5.74, 6) is 1.11. The summed E-state index contributed by atoms with van der Waals surface area (Å²) >= 11 is 0. The Morgan fingerprint density at radius 2 is 1.77 bits per heavy atom. The van der Waals surface area contributed by atoms with Crippen molar-refractivity contribution in [3.63, 3.8) is 0 Å². The van der Waals surface area contributed by atoms with Crippen molar-refractivity contribution in [3.8, 4) is 22.5 Å². The first kappa shape index (κ1) is 26.0. The van der Waals surface area contributed by atoms with Crippen LogP contribution in [0, 0.1) is 0 Å². The summed E-state index contributed by atoms with van der Waals surface area (Å²) < 4.78 is 3.69. The van der Waals surface area contributed by atoms with Gasteiger partial charge in [0.05, 0.1) is 29.2 Å². The minimum atomic E-state index is -0.852. The molecule has 1 aliphatic heterocycles. The molecule has 2 N–H and O–H groups in total. The van der Waals surface area contributed by atoms with Crippen LogP contribution in [0.1, 0.15) is 44.0 Å². The fourth-order valence-corrected chi connectivity index (χ4v) is 5.49. The molecule has 2 aliphatic rings. The van der Waals surface area contributed by atoms with Gasteiger partial charge in [0.25, 0.3) is 0 Å². The summed E-state index contributed by atoms with van der Waals surface area (Å²) in [7, 11) is 4.14. The number of hydrogen-bond donors (Lipinski definition) is 2. The first-order valence-electron chi connectivity index (χ1n) is 13.8. The van der Waals surface area contributed by atoms with Crippen molar-refractivity contribution in [2.75, 3.05) is 18.9 Å². The van der Waals surface area contributed by atoms with Crippen LogP contribution >= 0.6 is 0 Å². The van der Waals surface area contributed by atoms with Gasteiger partial charge in [0.1, 0.15) is 0 Å². The van der Waals surface area contributed by atoms with Crippen LogP contribution in [0.2, 0.25) is 0 Å². The average Bonchev–Trinajstić information content (AvgIpc) is 3.43. The molecule has 6 rings (SSSR count). The number of allylic oxidation sites excluding steroid dienone is 2. The maximum Gasteiger partial charge on any atom is 0.228 e. The van der Waals surface area contributed by atoms with Crippen LogP contribution in [0.4, 0.5) is 11.8 Å². The maximum absolute atomic E-state index is 10.1. The number of hydrogen-bond acceptors (Lipinski definition) is 7. The summed E-state index contributed by atoms with van der Waals surface area (Å²) in [5.41, 5.74) is 9.28. The Labute approximate surface area is 234 Å². The van der Waals surface area contributed by atoms with Crippen molar-refractivity contribution in [2.24, 2.45) is 7.05 Å². The molecule has 0 amide bonds. The standard InChI is InChI=1S/C31H36N8O/c1-20-12-14-37(4)18-24(16-20)21-6-8-22(9-7-21)29-27-25(35-38(29)5)11-10-23-17-32-30(34-28(23)27)33-26-13-15-39(36-26)19-31(2,3)40/h6-9,13,15-18,40H,10-12,14,19H2,1-5H3,(H,32,33,34,36). The predicted octanol–water partition coefficient (Wildman–Crippen LogP) is 4.98. The first-order valence-corrected chi connectivity index (χ1v) is 13.8. The van der Waals surface area contributed by atoms with Crippen LogP contribution in [0.15, 0.2) is 60.6 Å². The van der Waals surface area contributed by atoms with Crippen LogP contribution in [-0.4, -0.2) is 58.7 Å². The van der Waals surface area contributed by atoms with E-state index in [9.17, 15) is 5.11 Å². The third kappa shape index (κ3) is 5.29. The number of aryl methyl sites for hydroxylation is 3. The van der Waals surface area contributed by atoms with E-state index < -0.39 is 5.60 Å². The topological polar surface area (TPSA) is 96.9 Å². The molecule has 9 heteroatoms. The molecule has 0 atom stereocenters. The van der Waals surface area contributed by atoms with Gasteiger partial charge in [-0.05, 0) is 56.7 Å². The molecule has 0 radical (unpaired) electrons. The molecule has 1 aliphatic carbocycles. The molecule has 40 heavy (non-hydrogen) atoms. The average molecular weight is 537 g/mol. The lowest BCUT2D eigenvalue weighted by atomic mass is 9.91. The number of anilines is 2. The molecule has 4 aromatic rings. The van der Waals surface area contributed by atoms with Crippen molar-refractivity contribution in [3.05, 3.63) is 77.4 Å². The maximum atomic E-state index is 10.1. The second-order valence-corrected chi connectivity index (χ2v) is 11.6. The second kappa shape index (κ2) is 10.1. The van der Waals surface area contributed by atoms with E-state index in [0.717, 1.165) is 59.6 Å². The molecule has 4 heterocycles. The van der Waals surface area contributed by atoms with E-state index in [-0.39, 0.29) is 0 Å². The van der Waals surface area contributed by atoms with E-state index in [1.807, 2.05) is 30.2 Å². The van der Waals surface area contributed by atoms with Crippen molar-refractivity contribution in [1.29, 1.82) is 0 Å². The largest absolute Gasteiger partial charge is 0.389 e. The molecule has 9 nitrogen and oxygen atoms in total. The minimum Gasteiger partial charge on any atom is -0.389 e. The van der Waals surface area contributed by atoms with Crippen LogP contribution in [-0.2, 0) is 26.4 Å². The second-order valence-electron chi connectivity index (χ2n) is 11.6. The molecule has 0 spiro atoms. The lowest BCUT2D eigenvalue weighted by molar-refractivity contribution is 0.0578. The summed E-state index contributed by atoms with van der Waals surface area (Å²) in [4.78, 5) is 11.8. The van der Waals surface area contributed by atoms with Gasteiger partial charge in [-0.2, -0.15) is 10.2 Å². The predicted molar refractivity (Wildman–Crippen MR) is 158 cm³/mol. The highest BCUT2D eigenvalue weighted by Crippen LogP contribution is 2.40. The molecule has 0 fully saturated rings. The molecule has 3 aromatic heterocycles. The number of rotatable bonds is 6. The van der Waals surface area contributed by atoms with Crippen LogP contribution in [0.5, 0.6) is 0 Å². The quantitative estimate of drug-likeness (QED) is 0.359. The summed E-state index contributed by atoms with van der Waals surface area (Å²) in [5, 5.41) is 22.8. The minimum absolute atomic E-state index is 0.394. The SMILES string of the molecule is CC1=CC(c2ccc(-c3c4c(nn3C)CCc3cnc(Nc5ccn(CC(C)(C)O)n5)nc3-4)cc2)=CN(C)CC1. The van der Waals surface area contributed by atoms with Gasteiger partial charge in [0.2, 0.25) is 5.95 Å². The Morgan fingerprint density at radius 1 is 1.00 bits per heavy atom. The monoisotopic (exact) mass is 536 g/mol. The molecular weight excluding hydrogens is 500 g/mol. The Hall–Kier alpha value is -4.24. The summed E-state index contributed by atoms with van der Waals surface area (Å²) in [6, 6.07) is 10.6. The normalized spacial score (nSPS) is 15.2. The highest BCUT2D eigenvalue weighted by Gasteiger charge is 2.27. The van der Waals surface area contributed by atoms with Crippen molar-refractivity contribution < 1.29 is 5.11 Å². The van der Waals surface area contributed by atoms with Crippen molar-refractivity contribution >= 4 is 17.3 Å². The van der Waals surface area contributed by atoms with Crippen molar-refractivity contribution in [2.45, 2.75) is 52.2 Å². The van der Waals surface area contributed by atoms with Crippen molar-refractivity contribution in [1.82, 2.24) is 34.4 Å². The van der Waals surface area contributed by atoms with Gasteiger partial charge < -0.3 is 15.3 Å². The molecule has 0 saturated heterocycles. The summed E-state index contributed by atoms with van der Waals surface area (Å²) in [6.07, 6.45) is 11.1. The molecular formula is C31H36N8O. The number of aromatic nitrogens is 6. The van der Waals surface area contributed by atoms with Gasteiger partial charge in [-0.15, -0.1) is 0 Å². The zero-order chi connectivity index (χ0) is 28.0. The van der Waals surface area contributed by atoms with E-state index >= 15 is 0 Å². The molecule has 0 unspecified atom stereocenters. The molecule has 0 bridgehead atoms. The third-order valence-electron chi connectivity index (χ3n) is 7.39. The van der Waals surface area contributed by atoms with Crippen LogP contribution in [0.25, 0.3) is 28.1 Å². The number of fused-ring (bicyclic) bond motifs is 3. The number of nitrogens with one attached hydrogen (secondary N) is 1. The Kier molecular flexibility index (Phi) is 6.54. The number of aliphatic hydroxyl groups is 1. The van der Waals surface area contributed by atoms with E-state index in [4.69, 9.17) is 10.1 Å². The zero-order valence-corrected chi connectivity index (χ0v) is 23.8. The highest BCUT2D eigenvalue weighted by atomic mass is 16.3. The fourth-order valence-electron chi connectivity index (χ4n) is 5.49. The lowest BCUT2D eigenvalue weighted by Gasteiger charge is -2.17. The van der Waals surface area contributed by atoms with Gasteiger partial charge in [-0.3, -0.25) is 9.36 Å². The van der Waals surface area contributed by atoms with Crippen LogP contribution < -0.4 is 5.32 Å². The zero-order valence-electron chi connectivity index (χ0n) is 23.8. The van der Waals surface area contributed by atoms with E-state index in [0.29, 0.717) is 18.3 Å². The van der Waals surface area contributed by atoms with E-state index in [2.05, 4.69) is 70.8 Å². The fraction of sp³-hybridized carbons (Fsp3) is 0.355. The molecule has 1 aromatic carbocycles. The van der Waals surface area contributed by atoms with Gasteiger partial charge in [0, 0.05) is 56.4 Å². The van der Waals surface area contributed by atoms with Gasteiger partial charge in [-0.25, -0.2) is 9.97 Å². The van der Waals surface area contributed by atoms with E-state index in [1.54, 1.807) is 18.5 Å². The van der Waals surface area contributed by atoms with Gasteiger partial charge in [-0.1, -0.05) is 35.9 Å². The van der Waals surface area contributed by atoms with Gasteiger partial charge >= 0.3 is 0 Å². The number of benzene rings is 1. The van der Waals surface area contributed by atoms with Gasteiger partial charge in [0.15, 0.2) is 5.82 Å². The van der Waals surface area contributed by atoms with Crippen LogP contribution in [0.3, 0.4) is 0 Å². The Bertz CT molecular complexity index is 1620. The third-order valence-corrected chi connectivity index (χ3v) is 7.39.